The van der Waals surface area contributed by atoms with Crippen LogP contribution in [0.1, 0.15) is 48.3 Å². The summed E-state index contributed by atoms with van der Waals surface area (Å²) in [5.41, 5.74) is -4.37. The molecule has 0 unspecified atom stereocenters. The van der Waals surface area contributed by atoms with Crippen LogP contribution in [0.25, 0.3) is 33.0 Å². The molecule has 5 rings (SSSR count). The van der Waals surface area contributed by atoms with Crippen molar-refractivity contribution >= 4 is 23.4 Å². The molecule has 4 aromatic carbocycles. The SMILES string of the molecule is [2H]c1c([2H])c([2H])c(-c2c([2H])c(-c3c([2H])c([2H])c([2H])c(B4OC(C)(C)C(C)(C)O4)c3[2H])c3c([2H])c([2H])c([2H])c([2H])c3c2[2H])c([2H])c1[2H]. The van der Waals surface area contributed by atoms with Crippen molar-refractivity contribution in [3.63, 3.8) is 0 Å². The third-order valence-corrected chi connectivity index (χ3v) is 5.57. The molecule has 0 atom stereocenters. The first-order chi connectivity index (χ1) is 21.1. The van der Waals surface area contributed by atoms with Crippen LogP contribution in [0, 0.1) is 0 Å². The quantitative estimate of drug-likeness (QED) is 0.353. The van der Waals surface area contributed by atoms with Crippen LogP contribution in [-0.2, 0) is 9.31 Å². The summed E-state index contributed by atoms with van der Waals surface area (Å²) in [4.78, 5) is 0. The second-order valence-electron chi connectivity index (χ2n) is 8.13. The van der Waals surface area contributed by atoms with E-state index in [0.717, 1.165) is 0 Å². The normalized spacial score (nSPS) is 24.0. The minimum Gasteiger partial charge on any atom is -0.399 e. The van der Waals surface area contributed by atoms with Gasteiger partial charge in [-0.15, -0.1) is 0 Å². The van der Waals surface area contributed by atoms with Crippen molar-refractivity contribution in [1.82, 2.24) is 0 Å². The minimum absolute atomic E-state index is 0.276. The van der Waals surface area contributed by atoms with E-state index in [2.05, 4.69) is 0 Å². The van der Waals surface area contributed by atoms with Crippen LogP contribution in [-0.4, -0.2) is 18.3 Å². The topological polar surface area (TPSA) is 18.5 Å². The van der Waals surface area contributed by atoms with Gasteiger partial charge in [0.05, 0.1) is 31.8 Å². The predicted octanol–water partition coefficient (Wildman–Crippen LogP) is 6.47. The fourth-order valence-corrected chi connectivity index (χ4v) is 3.19. The number of hydrogen-bond acceptors (Lipinski definition) is 2. The maximum atomic E-state index is 9.30. The highest BCUT2D eigenvalue weighted by molar-refractivity contribution is 6.62. The fraction of sp³-hybridized carbons (Fsp3) is 0.214. The van der Waals surface area contributed by atoms with Gasteiger partial charge in [0.2, 0.25) is 0 Å². The van der Waals surface area contributed by atoms with Gasteiger partial charge in [0, 0.05) is 0 Å². The number of benzene rings is 4. The molecular formula is C28H27BO2. The largest absolute Gasteiger partial charge is 0.494 e. The zero-order valence-corrected chi connectivity index (χ0v) is 17.4. The smallest absolute Gasteiger partial charge is 0.399 e. The van der Waals surface area contributed by atoms with Crippen molar-refractivity contribution in [2.24, 2.45) is 0 Å². The average molecular weight is 421 g/mol. The van der Waals surface area contributed by atoms with Crippen molar-refractivity contribution in [2.75, 3.05) is 0 Å². The summed E-state index contributed by atoms with van der Waals surface area (Å²) in [6.07, 6.45) is 0. The zero-order chi connectivity index (χ0) is 34.7. The molecule has 4 aromatic rings. The monoisotopic (exact) mass is 421 g/mol. The van der Waals surface area contributed by atoms with Crippen LogP contribution in [0.15, 0.2) is 90.6 Å². The standard InChI is InChI=1S/C28H27BO2/c1-27(2)28(3,4)31-29(30-27)24-15-10-14-22(18-24)26-19-23(20-11-6-5-7-12-20)17-21-13-8-9-16-25(21)26/h5-19H,1-4H3/i5D,6D,7D,8D,9D,10D,11D,12D,13D,14D,15D,16D,17D,18D,19D. The Bertz CT molecular complexity index is 1980. The highest BCUT2D eigenvalue weighted by Gasteiger charge is 2.51. The maximum Gasteiger partial charge on any atom is 0.494 e. The molecule has 1 heterocycles. The molecule has 0 spiro atoms. The summed E-state index contributed by atoms with van der Waals surface area (Å²) in [5.74, 6) is 0. The molecule has 0 N–H and O–H groups in total. The summed E-state index contributed by atoms with van der Waals surface area (Å²) in [5, 5.41) is -0.938. The van der Waals surface area contributed by atoms with Gasteiger partial charge in [0.25, 0.3) is 0 Å². The van der Waals surface area contributed by atoms with Crippen LogP contribution < -0.4 is 5.46 Å². The molecule has 0 saturated carbocycles. The lowest BCUT2D eigenvalue weighted by molar-refractivity contribution is 0.00578. The first-order valence-electron chi connectivity index (χ1n) is 17.2. The highest BCUT2D eigenvalue weighted by Crippen LogP contribution is 2.37. The molecule has 31 heavy (non-hydrogen) atoms. The van der Waals surface area contributed by atoms with E-state index in [-0.39, 0.29) is 5.46 Å². The molecular weight excluding hydrogens is 379 g/mol. The summed E-state index contributed by atoms with van der Waals surface area (Å²) in [6.45, 7) is 6.92. The van der Waals surface area contributed by atoms with Crippen LogP contribution in [0.3, 0.4) is 0 Å². The number of rotatable bonds is 3. The molecule has 1 saturated heterocycles. The van der Waals surface area contributed by atoms with Gasteiger partial charge < -0.3 is 9.31 Å². The Morgan fingerprint density at radius 2 is 1.29 bits per heavy atom. The summed E-state index contributed by atoms with van der Waals surface area (Å²) >= 11 is 0. The van der Waals surface area contributed by atoms with Gasteiger partial charge in [-0.3, -0.25) is 0 Å². The van der Waals surface area contributed by atoms with E-state index in [9.17, 15) is 2.74 Å². The Kier molecular flexibility index (Phi) is 2.21. The molecule has 1 aliphatic heterocycles. The maximum absolute atomic E-state index is 9.30. The molecule has 3 heteroatoms. The lowest BCUT2D eigenvalue weighted by Crippen LogP contribution is -2.41. The molecule has 2 nitrogen and oxygen atoms in total. The molecule has 1 aliphatic rings. The van der Waals surface area contributed by atoms with Gasteiger partial charge in [-0.1, -0.05) is 78.6 Å². The summed E-state index contributed by atoms with van der Waals surface area (Å²) < 4.78 is 141. The molecule has 0 radical (unpaired) electrons. The Morgan fingerprint density at radius 1 is 0.645 bits per heavy atom. The molecule has 154 valence electrons. The van der Waals surface area contributed by atoms with Crippen molar-refractivity contribution in [3.8, 4) is 22.3 Å². The van der Waals surface area contributed by atoms with Crippen molar-refractivity contribution in [2.45, 2.75) is 38.9 Å². The van der Waals surface area contributed by atoms with E-state index < -0.39 is 142 Å². The summed E-state index contributed by atoms with van der Waals surface area (Å²) in [6, 6.07) is -11.0. The van der Waals surface area contributed by atoms with Crippen LogP contribution in [0.2, 0.25) is 0 Å². The molecule has 0 aromatic heterocycles. The Hall–Kier alpha value is -2.88. The molecule has 0 aliphatic carbocycles. The van der Waals surface area contributed by atoms with E-state index in [1.54, 1.807) is 27.7 Å². The van der Waals surface area contributed by atoms with E-state index in [0.29, 0.717) is 0 Å². The van der Waals surface area contributed by atoms with Gasteiger partial charge in [0.1, 0.15) is 0 Å². The Balaban J connectivity index is 2.05. The first kappa shape index (κ1) is 9.32. The lowest BCUT2D eigenvalue weighted by atomic mass is 9.77. The van der Waals surface area contributed by atoms with Gasteiger partial charge in [0.15, 0.2) is 0 Å². The lowest BCUT2D eigenvalue weighted by Gasteiger charge is -2.32. The second-order valence-corrected chi connectivity index (χ2v) is 8.13. The van der Waals surface area contributed by atoms with Gasteiger partial charge in [-0.25, -0.2) is 0 Å². The first-order valence-corrected chi connectivity index (χ1v) is 9.67. The minimum atomic E-state index is -1.38. The summed E-state index contributed by atoms with van der Waals surface area (Å²) in [7, 11) is -1.38. The van der Waals surface area contributed by atoms with Gasteiger partial charge >= 0.3 is 7.12 Å². The Labute approximate surface area is 206 Å². The van der Waals surface area contributed by atoms with Gasteiger partial charge in [-0.05, 0) is 78.3 Å². The predicted molar refractivity (Wildman–Crippen MR) is 131 cm³/mol. The average Bonchev–Trinajstić information content (AvgIpc) is 3.19. The van der Waals surface area contributed by atoms with E-state index in [1.807, 2.05) is 0 Å². The van der Waals surface area contributed by atoms with Crippen LogP contribution in [0.4, 0.5) is 0 Å². The van der Waals surface area contributed by atoms with Gasteiger partial charge in [-0.2, -0.15) is 0 Å². The van der Waals surface area contributed by atoms with Crippen molar-refractivity contribution in [1.29, 1.82) is 0 Å². The molecule has 1 fully saturated rings. The van der Waals surface area contributed by atoms with Crippen molar-refractivity contribution in [3.05, 3.63) is 90.6 Å². The van der Waals surface area contributed by atoms with E-state index in [1.165, 1.54) is 0 Å². The Morgan fingerprint density at radius 3 is 2.03 bits per heavy atom. The highest BCUT2D eigenvalue weighted by atomic mass is 16.7. The third-order valence-electron chi connectivity index (χ3n) is 5.57. The van der Waals surface area contributed by atoms with E-state index in [4.69, 9.17) is 27.1 Å². The fourth-order valence-electron chi connectivity index (χ4n) is 3.19. The molecule has 0 amide bonds. The van der Waals surface area contributed by atoms with Crippen LogP contribution in [0.5, 0.6) is 0 Å². The second kappa shape index (κ2) is 7.37. The van der Waals surface area contributed by atoms with E-state index >= 15 is 0 Å². The van der Waals surface area contributed by atoms with Crippen LogP contribution >= 0.6 is 0 Å². The third kappa shape index (κ3) is 3.58. The van der Waals surface area contributed by atoms with Crippen molar-refractivity contribution < 1.29 is 29.9 Å². The number of fused-ring (bicyclic) bond motifs is 1. The molecule has 0 bridgehead atoms. The zero-order valence-electron chi connectivity index (χ0n) is 32.4. The number of hydrogen-bond donors (Lipinski definition) is 0.